The number of ether oxygens (including phenoxy) is 1. The molecule has 1 unspecified atom stereocenters. The van der Waals surface area contributed by atoms with Gasteiger partial charge in [0, 0.05) is 12.5 Å². The lowest BCUT2D eigenvalue weighted by Gasteiger charge is -2.39. The van der Waals surface area contributed by atoms with E-state index in [4.69, 9.17) is 10.5 Å². The Labute approximate surface area is 97.9 Å². The van der Waals surface area contributed by atoms with Crippen LogP contribution in [0.1, 0.15) is 48.0 Å². The van der Waals surface area contributed by atoms with E-state index in [0.717, 1.165) is 0 Å². The number of hydrogen-bond donors (Lipinski definition) is 2. The number of primary amides is 1. The predicted octanol–water partition coefficient (Wildman–Crippen LogP) is 1.19. The number of hydrogen-bond acceptors (Lipinski definition) is 3. The normalized spacial score (nSPS) is 31.9. The van der Waals surface area contributed by atoms with Gasteiger partial charge in [-0.2, -0.15) is 0 Å². The zero-order valence-corrected chi connectivity index (χ0v) is 11.2. The molecule has 1 rings (SSSR count). The number of carbonyl (C=O) groups excluding carboxylic acids is 1. The van der Waals surface area contributed by atoms with E-state index < -0.39 is 11.1 Å². The Kier molecular flexibility index (Phi) is 3.12. The van der Waals surface area contributed by atoms with Gasteiger partial charge in [0.15, 0.2) is 0 Å². The fourth-order valence-electron chi connectivity index (χ4n) is 2.84. The summed E-state index contributed by atoms with van der Waals surface area (Å²) < 4.78 is 5.95. The Balaban J connectivity index is 3.15. The van der Waals surface area contributed by atoms with Crippen molar-refractivity contribution >= 4 is 5.91 Å². The molecule has 1 aliphatic heterocycles. The molecule has 1 heterocycles. The van der Waals surface area contributed by atoms with Crippen LogP contribution in [0.3, 0.4) is 0 Å². The average molecular weight is 228 g/mol. The third-order valence-corrected chi connectivity index (χ3v) is 3.21. The molecule has 0 bridgehead atoms. The number of nitrogens with one attached hydrogen (secondary N) is 1. The SMILES string of the molecule is CC(C)NC1(C(N)=O)CC(C)(C)OC1(C)C. The van der Waals surface area contributed by atoms with Crippen LogP contribution in [0, 0.1) is 0 Å². The van der Waals surface area contributed by atoms with Crippen molar-refractivity contribution in [2.75, 3.05) is 0 Å². The second kappa shape index (κ2) is 3.70. The van der Waals surface area contributed by atoms with Crippen LogP contribution in [-0.2, 0) is 9.53 Å². The van der Waals surface area contributed by atoms with E-state index in [-0.39, 0.29) is 17.6 Å². The first-order chi connectivity index (χ1) is 7.02. The van der Waals surface area contributed by atoms with Gasteiger partial charge in [-0.1, -0.05) is 0 Å². The molecule has 16 heavy (non-hydrogen) atoms. The van der Waals surface area contributed by atoms with Crippen molar-refractivity contribution < 1.29 is 9.53 Å². The summed E-state index contributed by atoms with van der Waals surface area (Å²) in [6.07, 6.45) is 0.598. The molecule has 0 saturated carbocycles. The van der Waals surface area contributed by atoms with Gasteiger partial charge in [0.1, 0.15) is 5.54 Å². The van der Waals surface area contributed by atoms with Gasteiger partial charge < -0.3 is 10.5 Å². The number of nitrogens with two attached hydrogens (primary N) is 1. The fourth-order valence-corrected chi connectivity index (χ4v) is 2.84. The van der Waals surface area contributed by atoms with Crippen molar-refractivity contribution in [3.8, 4) is 0 Å². The lowest BCUT2D eigenvalue weighted by atomic mass is 9.78. The highest BCUT2D eigenvalue weighted by Crippen LogP contribution is 2.45. The maximum atomic E-state index is 11.8. The molecule has 0 spiro atoms. The lowest BCUT2D eigenvalue weighted by Crippen LogP contribution is -2.66. The van der Waals surface area contributed by atoms with Crippen LogP contribution >= 0.6 is 0 Å². The summed E-state index contributed by atoms with van der Waals surface area (Å²) in [5, 5.41) is 3.30. The van der Waals surface area contributed by atoms with E-state index >= 15 is 0 Å². The summed E-state index contributed by atoms with van der Waals surface area (Å²) in [5.74, 6) is -0.336. The predicted molar refractivity (Wildman–Crippen MR) is 64.1 cm³/mol. The molecule has 4 nitrogen and oxygen atoms in total. The van der Waals surface area contributed by atoms with Crippen LogP contribution in [0.4, 0.5) is 0 Å². The van der Waals surface area contributed by atoms with Crippen molar-refractivity contribution in [2.45, 2.75) is 70.7 Å². The summed E-state index contributed by atoms with van der Waals surface area (Å²) in [5.41, 5.74) is 3.89. The Morgan fingerprint density at radius 2 is 1.81 bits per heavy atom. The molecule has 0 aliphatic carbocycles. The number of amides is 1. The molecule has 94 valence electrons. The average Bonchev–Trinajstić information content (AvgIpc) is 2.14. The highest BCUT2D eigenvalue weighted by Gasteiger charge is 2.60. The third-order valence-electron chi connectivity index (χ3n) is 3.21. The molecule has 4 heteroatoms. The monoisotopic (exact) mass is 228 g/mol. The summed E-state index contributed by atoms with van der Waals surface area (Å²) in [4.78, 5) is 11.8. The summed E-state index contributed by atoms with van der Waals surface area (Å²) in [6.45, 7) is 11.8. The molecule has 1 atom stereocenters. The summed E-state index contributed by atoms with van der Waals surface area (Å²) in [6, 6.07) is 0.185. The van der Waals surface area contributed by atoms with Gasteiger partial charge >= 0.3 is 0 Å². The van der Waals surface area contributed by atoms with Gasteiger partial charge in [0.05, 0.1) is 11.2 Å². The minimum Gasteiger partial charge on any atom is -0.368 e. The van der Waals surface area contributed by atoms with Gasteiger partial charge in [0.25, 0.3) is 0 Å². The molecule has 3 N–H and O–H groups in total. The molecule has 0 radical (unpaired) electrons. The molecule has 1 amide bonds. The van der Waals surface area contributed by atoms with Crippen LogP contribution < -0.4 is 11.1 Å². The Morgan fingerprint density at radius 3 is 2.06 bits per heavy atom. The maximum Gasteiger partial charge on any atom is 0.240 e. The quantitative estimate of drug-likeness (QED) is 0.762. The molecule has 1 fully saturated rings. The number of rotatable bonds is 3. The van der Waals surface area contributed by atoms with E-state index in [1.165, 1.54) is 0 Å². The molecule has 1 saturated heterocycles. The smallest absolute Gasteiger partial charge is 0.240 e. The van der Waals surface area contributed by atoms with Crippen LogP contribution in [0.25, 0.3) is 0 Å². The van der Waals surface area contributed by atoms with E-state index in [1.54, 1.807) is 0 Å². The highest BCUT2D eigenvalue weighted by atomic mass is 16.5. The van der Waals surface area contributed by atoms with Crippen molar-refractivity contribution in [3.05, 3.63) is 0 Å². The molecular weight excluding hydrogens is 204 g/mol. The van der Waals surface area contributed by atoms with Gasteiger partial charge in [-0.15, -0.1) is 0 Å². The topological polar surface area (TPSA) is 64.3 Å². The summed E-state index contributed by atoms with van der Waals surface area (Å²) >= 11 is 0. The fraction of sp³-hybridized carbons (Fsp3) is 0.917. The van der Waals surface area contributed by atoms with Crippen LogP contribution in [0.2, 0.25) is 0 Å². The minimum atomic E-state index is -0.787. The summed E-state index contributed by atoms with van der Waals surface area (Å²) in [7, 11) is 0. The Morgan fingerprint density at radius 1 is 1.31 bits per heavy atom. The third kappa shape index (κ3) is 2.09. The molecule has 0 aromatic carbocycles. The van der Waals surface area contributed by atoms with Crippen LogP contribution in [0.5, 0.6) is 0 Å². The molecule has 1 aliphatic rings. The Bertz CT molecular complexity index is 297. The molecule has 0 aromatic heterocycles. The largest absolute Gasteiger partial charge is 0.368 e. The van der Waals surface area contributed by atoms with E-state index in [1.807, 2.05) is 41.5 Å². The van der Waals surface area contributed by atoms with Crippen molar-refractivity contribution in [1.82, 2.24) is 5.32 Å². The van der Waals surface area contributed by atoms with E-state index in [9.17, 15) is 4.79 Å². The minimum absolute atomic E-state index is 0.185. The van der Waals surface area contributed by atoms with E-state index in [2.05, 4.69) is 5.32 Å². The van der Waals surface area contributed by atoms with E-state index in [0.29, 0.717) is 6.42 Å². The van der Waals surface area contributed by atoms with Crippen molar-refractivity contribution in [1.29, 1.82) is 0 Å². The van der Waals surface area contributed by atoms with Gasteiger partial charge in [0.2, 0.25) is 5.91 Å². The first-order valence-corrected chi connectivity index (χ1v) is 5.80. The second-order valence-corrected chi connectivity index (χ2v) is 6.12. The zero-order chi connectivity index (χ0) is 12.8. The first-order valence-electron chi connectivity index (χ1n) is 5.80. The van der Waals surface area contributed by atoms with Crippen LogP contribution in [-0.4, -0.2) is 28.7 Å². The lowest BCUT2D eigenvalue weighted by molar-refractivity contribution is -0.134. The van der Waals surface area contributed by atoms with Gasteiger partial charge in [-0.25, -0.2) is 0 Å². The van der Waals surface area contributed by atoms with Crippen molar-refractivity contribution in [2.24, 2.45) is 5.73 Å². The van der Waals surface area contributed by atoms with Crippen molar-refractivity contribution in [3.63, 3.8) is 0 Å². The Hall–Kier alpha value is -0.610. The second-order valence-electron chi connectivity index (χ2n) is 6.12. The van der Waals surface area contributed by atoms with Gasteiger partial charge in [-0.3, -0.25) is 10.1 Å². The maximum absolute atomic E-state index is 11.8. The molecule has 0 aromatic rings. The van der Waals surface area contributed by atoms with Crippen LogP contribution in [0.15, 0.2) is 0 Å². The number of carbonyl (C=O) groups is 1. The molecular formula is C12H24N2O2. The zero-order valence-electron chi connectivity index (χ0n) is 11.2. The first kappa shape index (κ1) is 13.5. The standard InChI is InChI=1S/C12H24N2O2/c1-8(2)14-12(9(13)15)7-10(3,4)16-11(12,5)6/h8,14H,7H2,1-6H3,(H2,13,15). The van der Waals surface area contributed by atoms with Gasteiger partial charge in [-0.05, 0) is 41.5 Å². The highest BCUT2D eigenvalue weighted by molar-refractivity contribution is 5.87.